The molecular weight excluding hydrogens is 376 g/mol. The topological polar surface area (TPSA) is 101 Å². The fraction of sp³-hybridized carbons (Fsp3) is 0.350. The number of fused-ring (bicyclic) bond motifs is 1. The molecule has 2 N–H and O–H groups in total. The van der Waals surface area contributed by atoms with Gasteiger partial charge in [-0.1, -0.05) is 24.6 Å². The van der Waals surface area contributed by atoms with Gasteiger partial charge in [0.15, 0.2) is 0 Å². The smallest absolute Gasteiger partial charge is 0.263 e. The van der Waals surface area contributed by atoms with E-state index in [1.54, 1.807) is 36.7 Å². The molecule has 0 atom stereocenters. The van der Waals surface area contributed by atoms with Crippen molar-refractivity contribution in [2.24, 2.45) is 4.99 Å². The lowest BCUT2D eigenvalue weighted by molar-refractivity contribution is -0.121. The number of benzene rings is 1. The second-order valence-electron chi connectivity index (χ2n) is 6.60. The third-order valence-corrected chi connectivity index (χ3v) is 5.85. The van der Waals surface area contributed by atoms with E-state index in [-0.39, 0.29) is 10.8 Å². The fourth-order valence-corrected chi connectivity index (χ4v) is 4.25. The van der Waals surface area contributed by atoms with Crippen molar-refractivity contribution in [1.29, 1.82) is 0 Å². The molecule has 1 aromatic heterocycles. The summed E-state index contributed by atoms with van der Waals surface area (Å²) in [4.78, 5) is 20.6. The first kappa shape index (κ1) is 20.0. The monoisotopic (exact) mass is 400 g/mol. The van der Waals surface area contributed by atoms with Crippen molar-refractivity contribution in [2.45, 2.75) is 37.0 Å². The number of hydrogen-bond acceptors (Lipinski definition) is 5. The van der Waals surface area contributed by atoms with Gasteiger partial charge in [-0.05, 0) is 43.0 Å². The van der Waals surface area contributed by atoms with Crippen molar-refractivity contribution in [1.82, 2.24) is 15.0 Å². The van der Waals surface area contributed by atoms with Crippen LogP contribution in [0.3, 0.4) is 0 Å². The minimum absolute atomic E-state index is 0.0488. The molecule has 0 unspecified atom stereocenters. The molecule has 8 heteroatoms. The third kappa shape index (κ3) is 5.39. The Morgan fingerprint density at radius 2 is 1.96 bits per heavy atom. The van der Waals surface area contributed by atoms with E-state index in [1.807, 2.05) is 12.1 Å². The van der Waals surface area contributed by atoms with E-state index in [9.17, 15) is 13.2 Å². The van der Waals surface area contributed by atoms with Crippen LogP contribution >= 0.6 is 0 Å². The highest BCUT2D eigenvalue weighted by atomic mass is 32.2. The van der Waals surface area contributed by atoms with E-state index >= 15 is 0 Å². The summed E-state index contributed by atoms with van der Waals surface area (Å²) in [6.45, 7) is 1.13. The summed E-state index contributed by atoms with van der Waals surface area (Å²) in [5.74, 6) is 0.455. The molecule has 0 spiro atoms. The summed E-state index contributed by atoms with van der Waals surface area (Å²) in [6, 6.07) is 10.7. The molecule has 0 saturated heterocycles. The van der Waals surface area contributed by atoms with Gasteiger partial charge >= 0.3 is 0 Å². The van der Waals surface area contributed by atoms with Gasteiger partial charge in [0, 0.05) is 37.5 Å². The maximum absolute atomic E-state index is 12.0. The minimum atomic E-state index is -3.48. The molecular formula is C20H24N4O3S. The molecule has 1 amide bonds. The number of sulfonamides is 1. The van der Waals surface area contributed by atoms with Gasteiger partial charge in [0.05, 0.1) is 4.90 Å². The maximum atomic E-state index is 12.0. The van der Waals surface area contributed by atoms with E-state index in [0.717, 1.165) is 31.2 Å². The van der Waals surface area contributed by atoms with Crippen LogP contribution < -0.4 is 10.0 Å². The van der Waals surface area contributed by atoms with Crippen LogP contribution in [0.2, 0.25) is 0 Å². The largest absolute Gasteiger partial charge is 0.356 e. The molecule has 0 radical (unpaired) electrons. The van der Waals surface area contributed by atoms with Crippen LogP contribution in [0.1, 0.15) is 36.8 Å². The van der Waals surface area contributed by atoms with Gasteiger partial charge in [0.25, 0.3) is 10.0 Å². The molecule has 3 rings (SSSR count). The maximum Gasteiger partial charge on any atom is 0.263 e. The van der Waals surface area contributed by atoms with Crippen LogP contribution in [0.4, 0.5) is 0 Å². The van der Waals surface area contributed by atoms with Crippen molar-refractivity contribution in [3.63, 3.8) is 0 Å². The molecule has 1 aromatic carbocycles. The lowest BCUT2D eigenvalue weighted by atomic mass is 10.1. The zero-order valence-electron chi connectivity index (χ0n) is 15.6. The number of unbranched alkanes of at least 4 members (excludes halogenated alkanes) is 2. The summed E-state index contributed by atoms with van der Waals surface area (Å²) in [6.07, 6.45) is 7.24. The first-order valence-electron chi connectivity index (χ1n) is 9.38. The predicted octanol–water partition coefficient (Wildman–Crippen LogP) is 2.04. The van der Waals surface area contributed by atoms with E-state index < -0.39 is 10.0 Å². The number of hydrogen-bond donors (Lipinski definition) is 2. The number of amides is 1. The molecule has 28 heavy (non-hydrogen) atoms. The Hall–Kier alpha value is -2.74. The second-order valence-corrected chi connectivity index (χ2v) is 8.25. The minimum Gasteiger partial charge on any atom is -0.356 e. The summed E-state index contributed by atoms with van der Waals surface area (Å²) >= 11 is 0. The SMILES string of the molecule is O=C(CCCCCN=C1NS(=O)(=O)c2ccccc21)NCCc1cccnc1. The van der Waals surface area contributed by atoms with Crippen molar-refractivity contribution in [2.75, 3.05) is 13.1 Å². The summed E-state index contributed by atoms with van der Waals surface area (Å²) in [7, 11) is -3.48. The van der Waals surface area contributed by atoms with Gasteiger partial charge in [-0.2, -0.15) is 0 Å². The Bertz CT molecular complexity index is 943. The van der Waals surface area contributed by atoms with Crippen LogP contribution in [0.25, 0.3) is 0 Å². The van der Waals surface area contributed by atoms with Gasteiger partial charge in [-0.25, -0.2) is 8.42 Å². The summed E-state index contributed by atoms with van der Waals surface area (Å²) < 4.78 is 26.5. The zero-order valence-corrected chi connectivity index (χ0v) is 16.4. The van der Waals surface area contributed by atoms with E-state index in [4.69, 9.17) is 0 Å². The van der Waals surface area contributed by atoms with Crippen LogP contribution in [0, 0.1) is 0 Å². The Labute approximate surface area is 165 Å². The first-order valence-corrected chi connectivity index (χ1v) is 10.9. The average molecular weight is 401 g/mol. The number of aromatic nitrogens is 1. The number of aliphatic imine (C=N–C) groups is 1. The molecule has 0 aliphatic carbocycles. The van der Waals surface area contributed by atoms with Crippen molar-refractivity contribution in [3.05, 3.63) is 59.9 Å². The molecule has 0 saturated carbocycles. The number of pyridine rings is 1. The molecule has 0 fully saturated rings. The number of nitrogens with one attached hydrogen (secondary N) is 2. The number of nitrogens with zero attached hydrogens (tertiary/aromatic N) is 2. The Balaban J connectivity index is 1.32. The van der Waals surface area contributed by atoms with Gasteiger partial charge < -0.3 is 5.32 Å². The number of rotatable bonds is 9. The normalized spacial score (nSPS) is 15.8. The molecule has 148 valence electrons. The molecule has 2 aromatic rings. The lowest BCUT2D eigenvalue weighted by Crippen LogP contribution is -2.25. The first-order chi connectivity index (χ1) is 13.6. The molecule has 1 aliphatic heterocycles. The predicted molar refractivity (Wildman–Crippen MR) is 108 cm³/mol. The van der Waals surface area contributed by atoms with Crippen molar-refractivity contribution >= 4 is 21.8 Å². The second kappa shape index (κ2) is 9.45. The summed E-state index contributed by atoms with van der Waals surface area (Å²) in [5.41, 5.74) is 1.72. The van der Waals surface area contributed by atoms with Gasteiger partial charge in [-0.3, -0.25) is 19.5 Å². The molecule has 1 aliphatic rings. The van der Waals surface area contributed by atoms with E-state index in [2.05, 4.69) is 20.0 Å². The zero-order chi connectivity index (χ0) is 19.8. The number of carbonyl (C=O) groups excluding carboxylic acids is 1. The Morgan fingerprint density at radius 3 is 2.79 bits per heavy atom. The van der Waals surface area contributed by atoms with Gasteiger partial charge in [-0.15, -0.1) is 0 Å². The lowest BCUT2D eigenvalue weighted by Gasteiger charge is -2.05. The fourth-order valence-electron chi connectivity index (χ4n) is 3.00. The standard InChI is InChI=1S/C20H24N4O3S/c25-19(22-14-11-16-7-6-12-21-15-16)10-2-1-5-13-23-20-17-8-3-4-9-18(17)28(26,27)24-20/h3-4,6-9,12,15H,1-2,5,10-11,13-14H2,(H,22,25)(H,23,24). The molecule has 2 heterocycles. The number of amidine groups is 1. The highest BCUT2D eigenvalue weighted by molar-refractivity contribution is 7.90. The highest BCUT2D eigenvalue weighted by Crippen LogP contribution is 2.22. The Morgan fingerprint density at radius 1 is 1.11 bits per heavy atom. The van der Waals surface area contributed by atoms with E-state index in [0.29, 0.717) is 30.9 Å². The Kier molecular flexibility index (Phi) is 6.76. The average Bonchev–Trinajstić information content (AvgIpc) is 2.96. The highest BCUT2D eigenvalue weighted by Gasteiger charge is 2.29. The van der Waals surface area contributed by atoms with Crippen LogP contribution in [-0.4, -0.2) is 38.2 Å². The molecule has 7 nitrogen and oxygen atoms in total. The van der Waals surface area contributed by atoms with Gasteiger partial charge in [0.1, 0.15) is 5.84 Å². The summed E-state index contributed by atoms with van der Waals surface area (Å²) in [5, 5.41) is 2.92. The molecule has 0 bridgehead atoms. The van der Waals surface area contributed by atoms with Crippen LogP contribution in [-0.2, 0) is 21.2 Å². The quantitative estimate of drug-likeness (QED) is 0.629. The number of carbonyl (C=O) groups is 1. The van der Waals surface area contributed by atoms with Crippen molar-refractivity contribution in [3.8, 4) is 0 Å². The third-order valence-electron chi connectivity index (χ3n) is 4.45. The van der Waals surface area contributed by atoms with Gasteiger partial charge in [0.2, 0.25) is 5.91 Å². The van der Waals surface area contributed by atoms with E-state index in [1.165, 1.54) is 0 Å². The van der Waals surface area contributed by atoms with Crippen LogP contribution in [0.15, 0.2) is 58.7 Å². The van der Waals surface area contributed by atoms with Crippen LogP contribution in [0.5, 0.6) is 0 Å². The van der Waals surface area contributed by atoms with Crippen molar-refractivity contribution < 1.29 is 13.2 Å².